The van der Waals surface area contributed by atoms with Gasteiger partial charge in [0.15, 0.2) is 0 Å². The summed E-state index contributed by atoms with van der Waals surface area (Å²) in [6, 6.07) is 7.66. The van der Waals surface area contributed by atoms with Crippen LogP contribution >= 0.6 is 24.2 Å². The van der Waals surface area contributed by atoms with E-state index in [-0.39, 0.29) is 0 Å². The molecular weight excluding hydrogens is 252 g/mol. The fourth-order valence-electron chi connectivity index (χ4n) is 1.46. The lowest BCUT2D eigenvalue weighted by atomic mass is 10.2. The first-order valence-corrected chi connectivity index (χ1v) is 6.73. The Bertz CT molecular complexity index is 349. The van der Waals surface area contributed by atoms with E-state index < -0.39 is 0 Å². The predicted octanol–water partition coefficient (Wildman–Crippen LogP) is 3.70. The second-order valence-electron chi connectivity index (χ2n) is 4.06. The molecule has 94 valence electrons. The molecule has 2 nitrogen and oxygen atoms in total. The van der Waals surface area contributed by atoms with Gasteiger partial charge in [-0.25, -0.2) is 0 Å². The molecule has 0 aromatic heterocycles. The number of nitrogens with zero attached hydrogens (tertiary/aromatic N) is 2. The Morgan fingerprint density at radius 1 is 1.41 bits per heavy atom. The number of rotatable bonds is 6. The van der Waals surface area contributed by atoms with Crippen molar-refractivity contribution < 1.29 is 0 Å². The topological polar surface area (TPSA) is 15.6 Å². The molecule has 1 unspecified atom stereocenters. The molecule has 4 heteroatoms. The molecular formula is C13H19ClN2S. The van der Waals surface area contributed by atoms with Crippen LogP contribution in [0.25, 0.3) is 0 Å². The van der Waals surface area contributed by atoms with E-state index in [0.29, 0.717) is 5.25 Å². The molecule has 0 saturated carbocycles. The van der Waals surface area contributed by atoms with Crippen LogP contribution in [0.5, 0.6) is 0 Å². The van der Waals surface area contributed by atoms with Crippen molar-refractivity contribution in [1.29, 1.82) is 0 Å². The van der Waals surface area contributed by atoms with E-state index in [1.165, 1.54) is 0 Å². The van der Waals surface area contributed by atoms with Gasteiger partial charge in [0.1, 0.15) is 0 Å². The molecule has 0 amide bonds. The average molecular weight is 271 g/mol. The van der Waals surface area contributed by atoms with Crippen LogP contribution in [0.1, 0.15) is 25.8 Å². The van der Waals surface area contributed by atoms with Gasteiger partial charge in [-0.3, -0.25) is 5.01 Å². The van der Waals surface area contributed by atoms with Crippen LogP contribution < -0.4 is 0 Å². The third-order valence-electron chi connectivity index (χ3n) is 2.20. The minimum absolute atomic E-state index is 0.323. The van der Waals surface area contributed by atoms with Crippen LogP contribution in [0.15, 0.2) is 29.4 Å². The molecule has 0 bridgehead atoms. The fourth-order valence-corrected chi connectivity index (χ4v) is 1.77. The van der Waals surface area contributed by atoms with Gasteiger partial charge in [0.2, 0.25) is 0 Å². The zero-order valence-electron chi connectivity index (χ0n) is 10.3. The molecule has 1 atom stereocenters. The Labute approximate surface area is 114 Å². The highest BCUT2D eigenvalue weighted by molar-refractivity contribution is 7.80. The van der Waals surface area contributed by atoms with Crippen molar-refractivity contribution in [1.82, 2.24) is 5.01 Å². The van der Waals surface area contributed by atoms with Crippen molar-refractivity contribution >= 4 is 30.4 Å². The van der Waals surface area contributed by atoms with Gasteiger partial charge in [-0.15, -0.1) is 0 Å². The minimum Gasteiger partial charge on any atom is -0.296 e. The molecule has 0 saturated heterocycles. The van der Waals surface area contributed by atoms with Gasteiger partial charge < -0.3 is 0 Å². The zero-order chi connectivity index (χ0) is 12.7. The summed E-state index contributed by atoms with van der Waals surface area (Å²) >= 11 is 10.2. The maximum Gasteiger partial charge on any atom is 0.0542 e. The summed E-state index contributed by atoms with van der Waals surface area (Å²) < 4.78 is 0. The predicted molar refractivity (Wildman–Crippen MR) is 79.4 cm³/mol. The first kappa shape index (κ1) is 14.4. The first-order valence-electron chi connectivity index (χ1n) is 5.84. The van der Waals surface area contributed by atoms with Gasteiger partial charge in [-0.1, -0.05) is 37.6 Å². The third kappa shape index (κ3) is 5.99. The van der Waals surface area contributed by atoms with Crippen LogP contribution in [-0.4, -0.2) is 29.6 Å². The maximum atomic E-state index is 5.83. The first-order chi connectivity index (χ1) is 8.11. The maximum absolute atomic E-state index is 5.83. The number of hydrazone groups is 1. The molecule has 1 aromatic carbocycles. The van der Waals surface area contributed by atoms with Crippen molar-refractivity contribution in [3.8, 4) is 0 Å². The van der Waals surface area contributed by atoms with Gasteiger partial charge in [0.05, 0.1) is 6.21 Å². The molecule has 0 fully saturated rings. The summed E-state index contributed by atoms with van der Waals surface area (Å²) in [4.78, 5) is 0. The molecule has 0 aliphatic heterocycles. The number of hydrogen-bond acceptors (Lipinski definition) is 3. The second kappa shape index (κ2) is 7.62. The van der Waals surface area contributed by atoms with Crippen molar-refractivity contribution in [2.24, 2.45) is 5.10 Å². The fraction of sp³-hybridized carbons (Fsp3) is 0.462. The lowest BCUT2D eigenvalue weighted by Crippen LogP contribution is -2.25. The van der Waals surface area contributed by atoms with Crippen molar-refractivity contribution in [3.63, 3.8) is 0 Å². The number of hydrogen-bond donors (Lipinski definition) is 1. The number of benzene rings is 1. The van der Waals surface area contributed by atoms with Gasteiger partial charge in [0, 0.05) is 23.4 Å². The number of halogens is 1. The molecule has 0 aliphatic rings. The second-order valence-corrected chi connectivity index (χ2v) is 5.38. The smallest absolute Gasteiger partial charge is 0.0542 e. The molecule has 0 spiro atoms. The molecule has 0 heterocycles. The summed E-state index contributed by atoms with van der Waals surface area (Å²) in [5.74, 6) is 0. The highest BCUT2D eigenvalue weighted by atomic mass is 35.5. The Morgan fingerprint density at radius 3 is 2.59 bits per heavy atom. The van der Waals surface area contributed by atoms with Crippen molar-refractivity contribution in [2.75, 3.05) is 13.1 Å². The van der Waals surface area contributed by atoms with Gasteiger partial charge in [0.25, 0.3) is 0 Å². The van der Waals surface area contributed by atoms with Crippen LogP contribution in [0.2, 0.25) is 5.02 Å². The van der Waals surface area contributed by atoms with E-state index in [1.807, 2.05) is 35.5 Å². The van der Waals surface area contributed by atoms with Gasteiger partial charge >= 0.3 is 0 Å². The number of thiol groups is 1. The van der Waals surface area contributed by atoms with Crippen LogP contribution in [0.4, 0.5) is 0 Å². The average Bonchev–Trinajstić information content (AvgIpc) is 2.27. The summed E-state index contributed by atoms with van der Waals surface area (Å²) in [5, 5.41) is 7.59. The SMILES string of the molecule is CCCN(CC(C)S)/N=C/c1ccc(Cl)cc1. The molecule has 1 aromatic rings. The van der Waals surface area contributed by atoms with Crippen LogP contribution in [0, 0.1) is 0 Å². The summed E-state index contributed by atoms with van der Waals surface area (Å²) in [6.45, 7) is 6.04. The highest BCUT2D eigenvalue weighted by Crippen LogP contribution is 2.08. The third-order valence-corrected chi connectivity index (χ3v) is 2.61. The largest absolute Gasteiger partial charge is 0.296 e. The summed E-state index contributed by atoms with van der Waals surface area (Å²) in [6.07, 6.45) is 2.95. The molecule has 0 N–H and O–H groups in total. The Morgan fingerprint density at radius 2 is 2.06 bits per heavy atom. The van der Waals surface area contributed by atoms with Crippen molar-refractivity contribution in [3.05, 3.63) is 34.9 Å². The van der Waals surface area contributed by atoms with Gasteiger partial charge in [-0.2, -0.15) is 17.7 Å². The van der Waals surface area contributed by atoms with Crippen LogP contribution in [-0.2, 0) is 0 Å². The van der Waals surface area contributed by atoms with E-state index in [4.69, 9.17) is 11.6 Å². The van der Waals surface area contributed by atoms with Gasteiger partial charge in [-0.05, 0) is 24.1 Å². The quantitative estimate of drug-likeness (QED) is 0.473. The molecule has 17 heavy (non-hydrogen) atoms. The molecule has 1 rings (SSSR count). The standard InChI is InChI=1S/C13H19ClN2S/c1-3-8-16(10-11(2)17)15-9-12-4-6-13(14)7-5-12/h4-7,9,11,17H,3,8,10H2,1-2H3/b15-9+. The zero-order valence-corrected chi connectivity index (χ0v) is 12.0. The monoisotopic (exact) mass is 270 g/mol. The van der Waals surface area contributed by atoms with Crippen molar-refractivity contribution in [2.45, 2.75) is 25.5 Å². The van der Waals surface area contributed by atoms with E-state index in [0.717, 1.165) is 30.1 Å². The van der Waals surface area contributed by atoms with E-state index >= 15 is 0 Å². The summed E-state index contributed by atoms with van der Waals surface area (Å²) in [5.41, 5.74) is 1.06. The molecule has 0 radical (unpaired) electrons. The molecule has 0 aliphatic carbocycles. The normalized spacial score (nSPS) is 12.9. The highest BCUT2D eigenvalue weighted by Gasteiger charge is 2.02. The Kier molecular flexibility index (Phi) is 6.45. The van der Waals surface area contributed by atoms with E-state index in [2.05, 4.69) is 31.6 Å². The Balaban J connectivity index is 2.61. The van der Waals surface area contributed by atoms with E-state index in [9.17, 15) is 0 Å². The minimum atomic E-state index is 0.323. The van der Waals surface area contributed by atoms with Crippen LogP contribution in [0.3, 0.4) is 0 Å². The lowest BCUT2D eigenvalue weighted by molar-refractivity contribution is 0.295. The Hall–Kier alpha value is -0.670. The van der Waals surface area contributed by atoms with E-state index in [1.54, 1.807) is 0 Å². The lowest BCUT2D eigenvalue weighted by Gasteiger charge is -2.19. The summed E-state index contributed by atoms with van der Waals surface area (Å²) in [7, 11) is 0.